The molecule has 29 heavy (non-hydrogen) atoms. The van der Waals surface area contributed by atoms with Crippen molar-refractivity contribution in [1.29, 1.82) is 0 Å². The first-order valence-electron chi connectivity index (χ1n) is 10.6. The number of piperazine rings is 1. The van der Waals surface area contributed by atoms with Crippen LogP contribution in [0.25, 0.3) is 0 Å². The number of carbonyl (C=O) groups is 1. The minimum atomic E-state index is 0.244. The Bertz CT molecular complexity index is 811. The van der Waals surface area contributed by atoms with Crippen molar-refractivity contribution in [2.75, 3.05) is 51.3 Å². The molecule has 5 heteroatoms. The lowest BCUT2D eigenvalue weighted by molar-refractivity contribution is -0.885. The highest BCUT2D eigenvalue weighted by atomic mass is 16.5. The van der Waals surface area contributed by atoms with Gasteiger partial charge >= 0.3 is 0 Å². The van der Waals surface area contributed by atoms with Crippen molar-refractivity contribution in [1.82, 2.24) is 4.90 Å². The summed E-state index contributed by atoms with van der Waals surface area (Å²) in [5, 5.41) is 0. The lowest BCUT2D eigenvalue weighted by atomic mass is 10.1. The van der Waals surface area contributed by atoms with Gasteiger partial charge in [-0.15, -0.1) is 0 Å². The van der Waals surface area contributed by atoms with Gasteiger partial charge in [-0.1, -0.05) is 12.1 Å². The minimum Gasteiger partial charge on any atom is -0.494 e. The van der Waals surface area contributed by atoms with Crippen molar-refractivity contribution in [3.8, 4) is 5.75 Å². The van der Waals surface area contributed by atoms with Gasteiger partial charge in [-0.05, 0) is 62.2 Å². The molecule has 0 spiro atoms. The molecule has 0 aliphatic carbocycles. The van der Waals surface area contributed by atoms with Gasteiger partial charge in [0, 0.05) is 37.4 Å². The second-order valence-electron chi connectivity index (χ2n) is 7.97. The first kappa shape index (κ1) is 21.2. The fourth-order valence-electron chi connectivity index (χ4n) is 3.93. The van der Waals surface area contributed by atoms with Crippen LogP contribution < -0.4 is 14.5 Å². The maximum Gasteiger partial charge on any atom is 0.277 e. The molecule has 1 unspecified atom stereocenters. The third-order valence-electron chi connectivity index (χ3n) is 5.74. The largest absolute Gasteiger partial charge is 0.494 e. The van der Waals surface area contributed by atoms with Crippen molar-refractivity contribution < 1.29 is 14.4 Å². The highest BCUT2D eigenvalue weighted by molar-refractivity contribution is 5.77. The van der Waals surface area contributed by atoms with Crippen molar-refractivity contribution >= 4 is 11.6 Å². The SMILES string of the molecule is CCOc1ccc(C[NH+](C)CC(=O)N2CCN(c3cccc(C)c3C)CC2)cc1. The van der Waals surface area contributed by atoms with E-state index in [1.54, 1.807) is 0 Å². The number of nitrogens with zero attached hydrogens (tertiary/aromatic N) is 2. The third-order valence-corrected chi connectivity index (χ3v) is 5.74. The molecule has 3 rings (SSSR count). The standard InChI is InChI=1S/C24H33N3O2/c1-5-29-22-11-9-21(10-12-22)17-25(4)18-24(28)27-15-13-26(14-16-27)23-8-6-7-19(2)20(23)3/h6-12H,5,13-18H2,1-4H3/p+1. The second kappa shape index (κ2) is 9.79. The number of hydrogen-bond acceptors (Lipinski definition) is 3. The van der Waals surface area contributed by atoms with E-state index in [1.807, 2.05) is 24.0 Å². The molecule has 0 saturated carbocycles. The molecule has 1 fully saturated rings. The van der Waals surface area contributed by atoms with Crippen LogP contribution in [0.15, 0.2) is 42.5 Å². The van der Waals surface area contributed by atoms with Gasteiger partial charge < -0.3 is 19.4 Å². The molecule has 2 aromatic rings. The van der Waals surface area contributed by atoms with E-state index in [-0.39, 0.29) is 5.91 Å². The molecule has 1 amide bonds. The van der Waals surface area contributed by atoms with Crippen molar-refractivity contribution in [2.24, 2.45) is 0 Å². The molecule has 1 heterocycles. The number of ether oxygens (including phenoxy) is 1. The van der Waals surface area contributed by atoms with Crippen LogP contribution in [0.2, 0.25) is 0 Å². The van der Waals surface area contributed by atoms with E-state index in [0.717, 1.165) is 38.5 Å². The molecule has 1 aliphatic heterocycles. The normalized spacial score (nSPS) is 15.3. The van der Waals surface area contributed by atoms with Crippen LogP contribution >= 0.6 is 0 Å². The fourth-order valence-corrected chi connectivity index (χ4v) is 3.93. The number of rotatable bonds is 7. The Hall–Kier alpha value is -2.53. The molecule has 1 aliphatic rings. The molecule has 0 aromatic heterocycles. The van der Waals surface area contributed by atoms with Crippen LogP contribution in [0, 0.1) is 13.8 Å². The highest BCUT2D eigenvalue weighted by Crippen LogP contribution is 2.23. The van der Waals surface area contributed by atoms with Crippen LogP contribution in [-0.4, -0.2) is 57.2 Å². The van der Waals surface area contributed by atoms with E-state index in [2.05, 4.69) is 56.1 Å². The summed E-state index contributed by atoms with van der Waals surface area (Å²) >= 11 is 0. The van der Waals surface area contributed by atoms with Crippen LogP contribution in [0.5, 0.6) is 5.75 Å². The number of hydrogen-bond donors (Lipinski definition) is 1. The number of likely N-dealkylation sites (N-methyl/N-ethyl adjacent to an activating group) is 1. The number of amides is 1. The Kier molecular flexibility index (Phi) is 7.15. The van der Waals surface area contributed by atoms with Gasteiger partial charge in [0.1, 0.15) is 12.3 Å². The van der Waals surface area contributed by atoms with Gasteiger partial charge in [0.05, 0.1) is 13.7 Å². The van der Waals surface area contributed by atoms with E-state index < -0.39 is 0 Å². The predicted octanol–water partition coefficient (Wildman–Crippen LogP) is 2.07. The number of nitrogens with one attached hydrogen (secondary N) is 1. The Morgan fingerprint density at radius 1 is 1.03 bits per heavy atom. The van der Waals surface area contributed by atoms with Crippen molar-refractivity contribution in [3.05, 3.63) is 59.2 Å². The summed E-state index contributed by atoms with van der Waals surface area (Å²) < 4.78 is 5.49. The summed E-state index contributed by atoms with van der Waals surface area (Å²) in [6, 6.07) is 14.6. The monoisotopic (exact) mass is 396 g/mol. The summed E-state index contributed by atoms with van der Waals surface area (Å²) in [6.45, 7) is 11.7. The highest BCUT2D eigenvalue weighted by Gasteiger charge is 2.24. The number of quaternary nitrogens is 1. The molecular weight excluding hydrogens is 362 g/mol. The first-order valence-corrected chi connectivity index (χ1v) is 10.6. The third kappa shape index (κ3) is 5.51. The maximum atomic E-state index is 12.8. The molecule has 2 aromatic carbocycles. The molecule has 1 saturated heterocycles. The number of anilines is 1. The maximum absolute atomic E-state index is 12.8. The predicted molar refractivity (Wildman–Crippen MR) is 118 cm³/mol. The summed E-state index contributed by atoms with van der Waals surface area (Å²) in [6.07, 6.45) is 0. The Morgan fingerprint density at radius 3 is 2.38 bits per heavy atom. The zero-order valence-corrected chi connectivity index (χ0v) is 18.2. The quantitative estimate of drug-likeness (QED) is 0.779. The van der Waals surface area contributed by atoms with E-state index in [0.29, 0.717) is 13.2 Å². The zero-order valence-electron chi connectivity index (χ0n) is 18.2. The van der Waals surface area contributed by atoms with Crippen LogP contribution in [0.4, 0.5) is 5.69 Å². The van der Waals surface area contributed by atoms with Crippen LogP contribution in [0.3, 0.4) is 0 Å². The molecular formula is C24H34N3O2+. The molecule has 1 N–H and O–H groups in total. The minimum absolute atomic E-state index is 0.244. The molecule has 1 atom stereocenters. The lowest BCUT2D eigenvalue weighted by Crippen LogP contribution is -3.09. The van der Waals surface area contributed by atoms with E-state index in [9.17, 15) is 4.79 Å². The molecule has 5 nitrogen and oxygen atoms in total. The fraction of sp³-hybridized carbons (Fsp3) is 0.458. The summed E-state index contributed by atoms with van der Waals surface area (Å²) in [5.41, 5.74) is 5.18. The van der Waals surface area contributed by atoms with E-state index in [4.69, 9.17) is 4.74 Å². The number of benzene rings is 2. The number of carbonyl (C=O) groups excluding carboxylic acids is 1. The van der Waals surface area contributed by atoms with Gasteiger partial charge in [-0.3, -0.25) is 4.79 Å². The molecule has 0 bridgehead atoms. The summed E-state index contributed by atoms with van der Waals surface area (Å²) in [4.78, 5) is 18.4. The van der Waals surface area contributed by atoms with Crippen molar-refractivity contribution in [3.63, 3.8) is 0 Å². The Morgan fingerprint density at radius 2 is 1.72 bits per heavy atom. The van der Waals surface area contributed by atoms with Crippen LogP contribution in [0.1, 0.15) is 23.6 Å². The van der Waals surface area contributed by atoms with Crippen LogP contribution in [-0.2, 0) is 11.3 Å². The Balaban J connectivity index is 1.48. The summed E-state index contributed by atoms with van der Waals surface area (Å²) in [5.74, 6) is 1.14. The van der Waals surface area contributed by atoms with Gasteiger partial charge in [0.25, 0.3) is 5.91 Å². The van der Waals surface area contributed by atoms with E-state index >= 15 is 0 Å². The zero-order chi connectivity index (χ0) is 20.8. The number of aryl methyl sites for hydroxylation is 1. The summed E-state index contributed by atoms with van der Waals surface area (Å²) in [7, 11) is 2.08. The van der Waals surface area contributed by atoms with Gasteiger partial charge in [-0.25, -0.2) is 0 Å². The van der Waals surface area contributed by atoms with E-state index in [1.165, 1.54) is 27.3 Å². The molecule has 0 radical (unpaired) electrons. The van der Waals surface area contributed by atoms with Gasteiger partial charge in [0.15, 0.2) is 6.54 Å². The lowest BCUT2D eigenvalue weighted by Gasteiger charge is -2.37. The topological polar surface area (TPSA) is 37.2 Å². The van der Waals surface area contributed by atoms with Crippen molar-refractivity contribution in [2.45, 2.75) is 27.3 Å². The van der Waals surface area contributed by atoms with Gasteiger partial charge in [-0.2, -0.15) is 0 Å². The Labute approximate surface area is 174 Å². The average molecular weight is 397 g/mol. The molecule has 156 valence electrons. The first-order chi connectivity index (χ1) is 14.0. The smallest absolute Gasteiger partial charge is 0.277 e. The average Bonchev–Trinajstić information content (AvgIpc) is 2.72. The van der Waals surface area contributed by atoms with Gasteiger partial charge in [0.2, 0.25) is 0 Å². The second-order valence-corrected chi connectivity index (χ2v) is 7.97.